The van der Waals surface area contributed by atoms with E-state index in [0.717, 1.165) is 24.0 Å². The van der Waals surface area contributed by atoms with Gasteiger partial charge in [0.05, 0.1) is 26.1 Å². The van der Waals surface area contributed by atoms with E-state index in [1.807, 2.05) is 38.1 Å². The van der Waals surface area contributed by atoms with Gasteiger partial charge in [-0.1, -0.05) is 31.2 Å². The minimum absolute atomic E-state index is 0.103. The molecule has 0 heterocycles. The summed E-state index contributed by atoms with van der Waals surface area (Å²) in [5.74, 6) is -0.783. The first-order valence-electron chi connectivity index (χ1n) is 6.74. The molecular formula is C16H22O4. The average molecular weight is 278 g/mol. The molecule has 0 amide bonds. The zero-order valence-electron chi connectivity index (χ0n) is 12.5. The predicted octanol–water partition coefficient (Wildman–Crippen LogP) is 2.70. The van der Waals surface area contributed by atoms with Gasteiger partial charge in [0.1, 0.15) is 0 Å². The topological polar surface area (TPSA) is 52.6 Å². The summed E-state index contributed by atoms with van der Waals surface area (Å²) in [5.41, 5.74) is 2.07. The Morgan fingerprint density at radius 1 is 1.00 bits per heavy atom. The van der Waals surface area contributed by atoms with Gasteiger partial charge in [0.15, 0.2) is 0 Å². The molecule has 1 aromatic carbocycles. The molecule has 1 rings (SSSR count). The maximum atomic E-state index is 11.4. The van der Waals surface area contributed by atoms with Crippen molar-refractivity contribution < 1.29 is 19.1 Å². The number of hydrogen-bond acceptors (Lipinski definition) is 4. The smallest absolute Gasteiger partial charge is 0.312 e. The third-order valence-electron chi connectivity index (χ3n) is 3.50. The second-order valence-corrected chi connectivity index (χ2v) is 4.95. The summed E-state index contributed by atoms with van der Waals surface area (Å²) in [6.07, 6.45) is 1.56. The van der Waals surface area contributed by atoms with Crippen LogP contribution in [-0.2, 0) is 25.5 Å². The van der Waals surface area contributed by atoms with Gasteiger partial charge < -0.3 is 9.47 Å². The standard InChI is InChI=1S/C16H22O4/c1-11(15(17)19-3)5-6-13-7-9-14(10-8-13)12(2)16(18)20-4/h7-12H,5-6H2,1-4H3. The number of hydrogen-bond donors (Lipinski definition) is 0. The first kappa shape index (κ1) is 16.2. The molecule has 0 fully saturated rings. The van der Waals surface area contributed by atoms with Gasteiger partial charge >= 0.3 is 11.9 Å². The third-order valence-corrected chi connectivity index (χ3v) is 3.50. The van der Waals surface area contributed by atoms with Crippen LogP contribution < -0.4 is 0 Å². The lowest BCUT2D eigenvalue weighted by atomic mass is 9.97. The third kappa shape index (κ3) is 4.37. The highest BCUT2D eigenvalue weighted by molar-refractivity contribution is 5.77. The van der Waals surface area contributed by atoms with Gasteiger partial charge in [-0.2, -0.15) is 0 Å². The SMILES string of the molecule is COC(=O)C(C)CCc1ccc(C(C)C(=O)OC)cc1. The van der Waals surface area contributed by atoms with E-state index >= 15 is 0 Å². The fourth-order valence-electron chi connectivity index (χ4n) is 1.99. The Morgan fingerprint density at radius 2 is 1.55 bits per heavy atom. The molecule has 0 aliphatic carbocycles. The van der Waals surface area contributed by atoms with Gasteiger partial charge in [0, 0.05) is 0 Å². The fourth-order valence-corrected chi connectivity index (χ4v) is 1.99. The van der Waals surface area contributed by atoms with Crippen LogP contribution in [0.2, 0.25) is 0 Å². The zero-order valence-corrected chi connectivity index (χ0v) is 12.5. The molecule has 0 aliphatic rings. The van der Waals surface area contributed by atoms with E-state index in [4.69, 9.17) is 9.47 Å². The van der Waals surface area contributed by atoms with Crippen LogP contribution in [0.1, 0.15) is 37.3 Å². The number of methoxy groups -OCH3 is 2. The fraction of sp³-hybridized carbons (Fsp3) is 0.500. The Hall–Kier alpha value is -1.84. The number of aryl methyl sites for hydroxylation is 1. The van der Waals surface area contributed by atoms with E-state index in [1.165, 1.54) is 14.2 Å². The van der Waals surface area contributed by atoms with Crippen molar-refractivity contribution >= 4 is 11.9 Å². The molecule has 1 aromatic rings. The molecule has 0 bridgehead atoms. The summed E-state index contributed by atoms with van der Waals surface area (Å²) in [5, 5.41) is 0. The quantitative estimate of drug-likeness (QED) is 0.751. The van der Waals surface area contributed by atoms with Crippen LogP contribution in [0.4, 0.5) is 0 Å². The van der Waals surface area contributed by atoms with Crippen molar-refractivity contribution in [2.45, 2.75) is 32.6 Å². The number of ether oxygens (including phenoxy) is 2. The Morgan fingerprint density at radius 3 is 2.05 bits per heavy atom. The summed E-state index contributed by atoms with van der Waals surface area (Å²) in [7, 11) is 2.79. The minimum Gasteiger partial charge on any atom is -0.469 e. The van der Waals surface area contributed by atoms with E-state index in [-0.39, 0.29) is 23.8 Å². The Balaban J connectivity index is 2.59. The molecule has 0 saturated heterocycles. The molecule has 20 heavy (non-hydrogen) atoms. The van der Waals surface area contributed by atoms with Crippen molar-refractivity contribution in [1.29, 1.82) is 0 Å². The van der Waals surface area contributed by atoms with Gasteiger partial charge in [-0.05, 0) is 30.9 Å². The number of rotatable bonds is 6. The molecule has 0 aromatic heterocycles. The molecule has 0 radical (unpaired) electrons. The monoisotopic (exact) mass is 278 g/mol. The van der Waals surface area contributed by atoms with Gasteiger partial charge in [0.25, 0.3) is 0 Å². The Labute approximate surface area is 120 Å². The summed E-state index contributed by atoms with van der Waals surface area (Å²) < 4.78 is 9.42. The lowest BCUT2D eigenvalue weighted by Gasteiger charge is -2.11. The van der Waals surface area contributed by atoms with E-state index in [9.17, 15) is 9.59 Å². The minimum atomic E-state index is -0.261. The maximum absolute atomic E-state index is 11.4. The molecule has 0 aliphatic heterocycles. The van der Waals surface area contributed by atoms with Crippen LogP contribution in [-0.4, -0.2) is 26.2 Å². The van der Waals surface area contributed by atoms with Crippen molar-refractivity contribution in [1.82, 2.24) is 0 Å². The summed E-state index contributed by atoms with van der Waals surface area (Å²) in [4.78, 5) is 22.8. The highest BCUT2D eigenvalue weighted by atomic mass is 16.5. The normalized spacial score (nSPS) is 13.4. The van der Waals surface area contributed by atoms with E-state index in [2.05, 4.69) is 0 Å². The highest BCUT2D eigenvalue weighted by Gasteiger charge is 2.16. The molecule has 0 spiro atoms. The summed E-state index contributed by atoms with van der Waals surface area (Å²) >= 11 is 0. The molecule has 4 nitrogen and oxygen atoms in total. The van der Waals surface area contributed by atoms with Crippen LogP contribution in [0.25, 0.3) is 0 Å². The molecule has 110 valence electrons. The average Bonchev–Trinajstić information content (AvgIpc) is 2.50. The summed E-state index contributed by atoms with van der Waals surface area (Å²) in [6.45, 7) is 3.68. The molecule has 2 atom stereocenters. The lowest BCUT2D eigenvalue weighted by Crippen LogP contribution is -2.13. The van der Waals surface area contributed by atoms with Gasteiger partial charge in [-0.15, -0.1) is 0 Å². The van der Waals surface area contributed by atoms with E-state index in [1.54, 1.807) is 0 Å². The van der Waals surface area contributed by atoms with Gasteiger partial charge in [-0.25, -0.2) is 0 Å². The van der Waals surface area contributed by atoms with Crippen molar-refractivity contribution in [3.05, 3.63) is 35.4 Å². The van der Waals surface area contributed by atoms with Crippen molar-refractivity contribution in [3.8, 4) is 0 Å². The molecule has 0 saturated carbocycles. The molecular weight excluding hydrogens is 256 g/mol. The van der Waals surface area contributed by atoms with Gasteiger partial charge in [-0.3, -0.25) is 9.59 Å². The first-order chi connectivity index (χ1) is 9.49. The zero-order chi connectivity index (χ0) is 15.1. The number of carbonyl (C=O) groups excluding carboxylic acids is 2. The van der Waals surface area contributed by atoms with Crippen molar-refractivity contribution in [2.24, 2.45) is 5.92 Å². The Kier molecular flexibility index (Phi) is 6.22. The van der Waals surface area contributed by atoms with Crippen LogP contribution in [0, 0.1) is 5.92 Å². The second kappa shape index (κ2) is 7.68. The van der Waals surface area contributed by atoms with Crippen LogP contribution in [0.5, 0.6) is 0 Å². The van der Waals surface area contributed by atoms with E-state index < -0.39 is 0 Å². The largest absolute Gasteiger partial charge is 0.469 e. The first-order valence-corrected chi connectivity index (χ1v) is 6.74. The number of benzene rings is 1. The van der Waals surface area contributed by atoms with E-state index in [0.29, 0.717) is 0 Å². The van der Waals surface area contributed by atoms with Crippen LogP contribution >= 0.6 is 0 Å². The lowest BCUT2D eigenvalue weighted by molar-refractivity contribution is -0.145. The van der Waals surface area contributed by atoms with Gasteiger partial charge in [0.2, 0.25) is 0 Å². The predicted molar refractivity (Wildman–Crippen MR) is 76.4 cm³/mol. The Bertz CT molecular complexity index is 450. The van der Waals surface area contributed by atoms with Crippen LogP contribution in [0.15, 0.2) is 24.3 Å². The second-order valence-electron chi connectivity index (χ2n) is 4.95. The number of carbonyl (C=O) groups is 2. The van der Waals surface area contributed by atoms with Crippen LogP contribution in [0.3, 0.4) is 0 Å². The van der Waals surface area contributed by atoms with Crippen molar-refractivity contribution in [2.75, 3.05) is 14.2 Å². The summed E-state index contributed by atoms with van der Waals surface area (Å²) in [6, 6.07) is 7.83. The maximum Gasteiger partial charge on any atom is 0.312 e. The van der Waals surface area contributed by atoms with Crippen molar-refractivity contribution in [3.63, 3.8) is 0 Å². The number of esters is 2. The molecule has 4 heteroatoms. The molecule has 0 N–H and O–H groups in total. The molecule has 2 unspecified atom stereocenters. The highest BCUT2D eigenvalue weighted by Crippen LogP contribution is 2.18.